The summed E-state index contributed by atoms with van der Waals surface area (Å²) in [7, 11) is 0. The molecule has 0 radical (unpaired) electrons. The van der Waals surface area contributed by atoms with Gasteiger partial charge in [-0.05, 0) is 24.3 Å². The monoisotopic (exact) mass is 219 g/mol. The number of amides is 2. The molecule has 0 unspecified atom stereocenters. The maximum Gasteiger partial charge on any atom is 0.272 e. The highest BCUT2D eigenvalue weighted by Gasteiger charge is 2.21. The number of nitrogens with zero attached hydrogens (tertiary/aromatic N) is 1. The highest BCUT2D eigenvalue weighted by Crippen LogP contribution is 2.14. The number of carbonyl (C=O) groups is 2. The van der Waals surface area contributed by atoms with E-state index in [4.69, 9.17) is 5.11 Å². The molecule has 1 aromatic rings. The molecule has 2 rings (SSSR count). The molecule has 0 aliphatic carbocycles. The summed E-state index contributed by atoms with van der Waals surface area (Å²) in [6.07, 6.45) is -0.0100. The predicted molar refractivity (Wildman–Crippen MR) is 56.9 cm³/mol. The van der Waals surface area contributed by atoms with E-state index in [1.807, 2.05) is 0 Å². The molecule has 1 heterocycles. The fourth-order valence-electron chi connectivity index (χ4n) is 1.24. The second-order valence-electron chi connectivity index (χ2n) is 3.27. The predicted octanol–water partition coefficient (Wildman–Crippen LogP) is 0.207. The number of carbonyl (C=O) groups excluding carboxylic acids is 2. The first-order chi connectivity index (χ1) is 7.65. The van der Waals surface area contributed by atoms with Crippen molar-refractivity contribution in [2.45, 2.75) is 6.42 Å². The molecule has 0 saturated carbocycles. The number of nitrogens with one attached hydrogen (secondary N) is 2. The largest absolute Gasteiger partial charge is 0.508 e. The fourth-order valence-corrected chi connectivity index (χ4v) is 1.24. The third-order valence-electron chi connectivity index (χ3n) is 2.03. The van der Waals surface area contributed by atoms with Crippen LogP contribution in [0.25, 0.3) is 0 Å². The van der Waals surface area contributed by atoms with Crippen LogP contribution in [0.4, 0.5) is 5.69 Å². The lowest BCUT2D eigenvalue weighted by Gasteiger charge is -2.03. The van der Waals surface area contributed by atoms with Gasteiger partial charge < -0.3 is 10.4 Å². The molecule has 82 valence electrons. The summed E-state index contributed by atoms with van der Waals surface area (Å²) in [6.45, 7) is 0. The number of hydrogen-bond donors (Lipinski definition) is 3. The molecule has 2 amide bonds. The molecule has 1 aliphatic rings. The Bertz CT molecular complexity index is 465. The number of hydrazone groups is 1. The first kappa shape index (κ1) is 10.2. The van der Waals surface area contributed by atoms with Crippen molar-refractivity contribution in [1.29, 1.82) is 0 Å². The lowest BCUT2D eigenvalue weighted by Crippen LogP contribution is -2.22. The second kappa shape index (κ2) is 4.01. The van der Waals surface area contributed by atoms with E-state index < -0.39 is 5.91 Å². The minimum atomic E-state index is -0.427. The zero-order valence-electron chi connectivity index (χ0n) is 8.23. The third kappa shape index (κ3) is 2.17. The van der Waals surface area contributed by atoms with Crippen molar-refractivity contribution in [3.8, 4) is 5.75 Å². The van der Waals surface area contributed by atoms with Crippen LogP contribution in [0.3, 0.4) is 0 Å². The van der Waals surface area contributed by atoms with Crippen LogP contribution in [-0.2, 0) is 9.59 Å². The number of rotatable bonds is 2. The van der Waals surface area contributed by atoms with E-state index in [1.165, 1.54) is 12.1 Å². The highest BCUT2D eigenvalue weighted by atomic mass is 16.3. The van der Waals surface area contributed by atoms with Crippen LogP contribution in [0.2, 0.25) is 0 Å². The quantitative estimate of drug-likeness (QED) is 0.621. The Kier molecular flexibility index (Phi) is 2.55. The summed E-state index contributed by atoms with van der Waals surface area (Å²) < 4.78 is 0. The first-order valence-corrected chi connectivity index (χ1v) is 4.61. The van der Waals surface area contributed by atoms with Gasteiger partial charge in [0.1, 0.15) is 11.5 Å². The Morgan fingerprint density at radius 2 is 2.06 bits per heavy atom. The summed E-state index contributed by atoms with van der Waals surface area (Å²) in [6, 6.07) is 6.01. The summed E-state index contributed by atoms with van der Waals surface area (Å²) in [5, 5.41) is 15.2. The summed E-state index contributed by atoms with van der Waals surface area (Å²) in [5.41, 5.74) is 2.88. The minimum Gasteiger partial charge on any atom is -0.508 e. The van der Waals surface area contributed by atoms with E-state index in [-0.39, 0.29) is 23.8 Å². The number of aromatic hydroxyl groups is 1. The average Bonchev–Trinajstić information content (AvgIpc) is 2.68. The van der Waals surface area contributed by atoms with Crippen molar-refractivity contribution < 1.29 is 14.7 Å². The van der Waals surface area contributed by atoms with Crippen LogP contribution in [0.1, 0.15) is 6.42 Å². The molecular weight excluding hydrogens is 210 g/mol. The van der Waals surface area contributed by atoms with E-state index in [0.29, 0.717) is 5.69 Å². The fraction of sp³-hybridized carbons (Fsp3) is 0.100. The highest BCUT2D eigenvalue weighted by molar-refractivity contribution is 6.46. The van der Waals surface area contributed by atoms with Crippen LogP contribution in [0.5, 0.6) is 5.75 Å². The van der Waals surface area contributed by atoms with Gasteiger partial charge in [0.05, 0.1) is 6.42 Å². The lowest BCUT2D eigenvalue weighted by atomic mass is 10.2. The molecule has 6 heteroatoms. The molecule has 1 aromatic carbocycles. The maximum atomic E-state index is 11.5. The number of phenols is 1. The summed E-state index contributed by atoms with van der Waals surface area (Å²) in [5.74, 6) is -0.604. The van der Waals surface area contributed by atoms with Gasteiger partial charge in [-0.2, -0.15) is 5.10 Å². The van der Waals surface area contributed by atoms with Gasteiger partial charge in [0.25, 0.3) is 5.91 Å². The molecule has 3 N–H and O–H groups in total. The van der Waals surface area contributed by atoms with Crippen molar-refractivity contribution in [2.75, 3.05) is 5.32 Å². The van der Waals surface area contributed by atoms with Crippen LogP contribution in [-0.4, -0.2) is 22.6 Å². The van der Waals surface area contributed by atoms with Gasteiger partial charge in [0.2, 0.25) is 5.91 Å². The van der Waals surface area contributed by atoms with Crippen molar-refractivity contribution in [3.63, 3.8) is 0 Å². The Balaban J connectivity index is 2.02. The molecular formula is C10H9N3O3. The van der Waals surface area contributed by atoms with Gasteiger partial charge in [-0.3, -0.25) is 9.59 Å². The smallest absolute Gasteiger partial charge is 0.272 e. The molecule has 16 heavy (non-hydrogen) atoms. The van der Waals surface area contributed by atoms with Crippen LogP contribution in [0, 0.1) is 0 Å². The van der Waals surface area contributed by atoms with Crippen molar-refractivity contribution in [1.82, 2.24) is 5.43 Å². The van der Waals surface area contributed by atoms with E-state index >= 15 is 0 Å². The summed E-state index contributed by atoms with van der Waals surface area (Å²) >= 11 is 0. The van der Waals surface area contributed by atoms with Crippen molar-refractivity contribution >= 4 is 23.2 Å². The Morgan fingerprint density at radius 1 is 1.38 bits per heavy atom. The normalized spacial score (nSPS) is 14.2. The van der Waals surface area contributed by atoms with E-state index in [2.05, 4.69) is 15.8 Å². The van der Waals surface area contributed by atoms with Gasteiger partial charge in [-0.1, -0.05) is 0 Å². The van der Waals surface area contributed by atoms with Gasteiger partial charge >= 0.3 is 0 Å². The Labute approximate surface area is 91.0 Å². The van der Waals surface area contributed by atoms with Gasteiger partial charge in [0.15, 0.2) is 0 Å². The molecule has 0 bridgehead atoms. The third-order valence-corrected chi connectivity index (χ3v) is 2.03. The minimum absolute atomic E-state index is 0.0100. The first-order valence-electron chi connectivity index (χ1n) is 4.61. The maximum absolute atomic E-state index is 11.5. The lowest BCUT2D eigenvalue weighted by molar-refractivity contribution is -0.119. The number of benzene rings is 1. The molecule has 0 spiro atoms. The zero-order chi connectivity index (χ0) is 11.5. The molecule has 0 saturated heterocycles. The van der Waals surface area contributed by atoms with Crippen LogP contribution in [0.15, 0.2) is 29.4 Å². The van der Waals surface area contributed by atoms with Crippen LogP contribution >= 0.6 is 0 Å². The average molecular weight is 219 g/mol. The van der Waals surface area contributed by atoms with Crippen molar-refractivity contribution in [3.05, 3.63) is 24.3 Å². The van der Waals surface area contributed by atoms with Gasteiger partial charge in [0, 0.05) is 5.69 Å². The standard InChI is InChI=1S/C10H9N3O3/c14-7-3-1-6(2-4-7)11-10(16)8-5-9(15)13-12-8/h1-4,14H,5H2,(H,11,16)(H,13,15). The molecule has 6 nitrogen and oxygen atoms in total. The van der Waals surface area contributed by atoms with Gasteiger partial charge in [-0.25, -0.2) is 5.43 Å². The van der Waals surface area contributed by atoms with E-state index in [9.17, 15) is 9.59 Å². The van der Waals surface area contributed by atoms with Gasteiger partial charge in [-0.15, -0.1) is 0 Å². The number of hydrogen-bond acceptors (Lipinski definition) is 4. The molecule has 0 aromatic heterocycles. The number of phenolic OH excluding ortho intramolecular Hbond substituents is 1. The zero-order valence-corrected chi connectivity index (χ0v) is 8.23. The topological polar surface area (TPSA) is 90.8 Å². The van der Waals surface area contributed by atoms with E-state index in [1.54, 1.807) is 12.1 Å². The van der Waals surface area contributed by atoms with Crippen LogP contribution < -0.4 is 10.7 Å². The molecule has 1 aliphatic heterocycles. The van der Waals surface area contributed by atoms with E-state index in [0.717, 1.165) is 0 Å². The summed E-state index contributed by atoms with van der Waals surface area (Å²) in [4.78, 5) is 22.4. The second-order valence-corrected chi connectivity index (χ2v) is 3.27. The Hall–Kier alpha value is -2.37. The Morgan fingerprint density at radius 3 is 2.62 bits per heavy atom. The molecule has 0 fully saturated rings. The molecule has 0 atom stereocenters. The number of anilines is 1. The SMILES string of the molecule is O=C1CC(C(=O)Nc2ccc(O)cc2)=NN1. The van der Waals surface area contributed by atoms with Crippen molar-refractivity contribution in [2.24, 2.45) is 5.10 Å².